The zero-order chi connectivity index (χ0) is 28.6. The van der Waals surface area contributed by atoms with Gasteiger partial charge in [0.25, 0.3) is 15.9 Å². The molecule has 0 spiro atoms. The minimum atomic E-state index is -5.08. The number of nitrogens with zero attached hydrogens (tertiary/aromatic N) is 1. The molecule has 4 rings (SSSR count). The van der Waals surface area contributed by atoms with Crippen LogP contribution in [0.5, 0.6) is 0 Å². The molecular formula is C24H24ClF3N4O5S2. The van der Waals surface area contributed by atoms with Gasteiger partial charge in [-0.05, 0) is 41.3 Å². The molecule has 0 radical (unpaired) electrons. The molecule has 39 heavy (non-hydrogen) atoms. The van der Waals surface area contributed by atoms with E-state index in [4.69, 9.17) is 21.5 Å². The Balaban J connectivity index is 0.000000532. The molecule has 4 N–H and O–H groups in total. The van der Waals surface area contributed by atoms with Crippen LogP contribution in [0.2, 0.25) is 5.02 Å². The minimum Gasteiger partial charge on any atom is -0.475 e. The number of alkyl halides is 3. The van der Waals surface area contributed by atoms with Crippen molar-refractivity contribution in [1.29, 1.82) is 0 Å². The van der Waals surface area contributed by atoms with Crippen LogP contribution in [0.1, 0.15) is 15.9 Å². The summed E-state index contributed by atoms with van der Waals surface area (Å²) in [6, 6.07) is 15.6. The lowest BCUT2D eigenvalue weighted by Crippen LogP contribution is -2.43. The zero-order valence-electron chi connectivity index (χ0n) is 20.2. The van der Waals surface area contributed by atoms with Crippen molar-refractivity contribution in [3.8, 4) is 0 Å². The fraction of sp³-hybridized carbons (Fsp3) is 0.250. The van der Waals surface area contributed by atoms with E-state index in [1.54, 1.807) is 41.8 Å². The van der Waals surface area contributed by atoms with Gasteiger partial charge in [0.2, 0.25) is 0 Å². The van der Waals surface area contributed by atoms with Gasteiger partial charge in [-0.15, -0.1) is 11.3 Å². The number of sulfonamides is 1. The second kappa shape index (κ2) is 13.2. The molecule has 0 unspecified atom stereocenters. The molecule has 1 aromatic heterocycles. The van der Waals surface area contributed by atoms with Crippen LogP contribution in [0.15, 0.2) is 64.2 Å². The fourth-order valence-electron chi connectivity index (χ4n) is 3.47. The molecule has 15 heteroatoms. The Morgan fingerprint density at radius 3 is 2.33 bits per heavy atom. The predicted octanol–water partition coefficient (Wildman–Crippen LogP) is 4.18. The van der Waals surface area contributed by atoms with Crippen molar-refractivity contribution in [2.24, 2.45) is 0 Å². The Kier molecular flexibility index (Phi) is 10.2. The first-order chi connectivity index (χ1) is 18.4. The maximum Gasteiger partial charge on any atom is 0.490 e. The van der Waals surface area contributed by atoms with E-state index in [1.165, 1.54) is 0 Å². The summed E-state index contributed by atoms with van der Waals surface area (Å²) in [4.78, 5) is 23.8. The van der Waals surface area contributed by atoms with Gasteiger partial charge in [-0.1, -0.05) is 35.9 Å². The third-order valence-electron chi connectivity index (χ3n) is 5.36. The molecule has 0 aliphatic carbocycles. The predicted molar refractivity (Wildman–Crippen MR) is 143 cm³/mol. The summed E-state index contributed by atoms with van der Waals surface area (Å²) in [7, 11) is -3.76. The van der Waals surface area contributed by atoms with Crippen molar-refractivity contribution >= 4 is 56.2 Å². The number of aliphatic carboxylic acids is 1. The molecule has 1 fully saturated rings. The monoisotopic (exact) mass is 604 g/mol. The van der Waals surface area contributed by atoms with Gasteiger partial charge in [0.15, 0.2) is 0 Å². The van der Waals surface area contributed by atoms with Gasteiger partial charge in [-0.3, -0.25) is 9.52 Å². The second-order valence-corrected chi connectivity index (χ2v) is 11.3. The number of carbonyl (C=O) groups excluding carboxylic acids is 1. The number of nitrogens with one attached hydrogen (secondary N) is 3. The third-order valence-corrected chi connectivity index (χ3v) is 8.49. The molecule has 1 aliphatic heterocycles. The van der Waals surface area contributed by atoms with Crippen LogP contribution >= 0.6 is 22.9 Å². The number of benzene rings is 2. The number of carbonyl (C=O) groups is 2. The van der Waals surface area contributed by atoms with E-state index in [1.807, 2.05) is 18.2 Å². The summed E-state index contributed by atoms with van der Waals surface area (Å²) in [5, 5.41) is 15.6. The first-order valence-electron chi connectivity index (χ1n) is 11.4. The number of halogens is 4. The summed E-state index contributed by atoms with van der Waals surface area (Å²) in [6.07, 6.45) is -5.08. The highest BCUT2D eigenvalue weighted by molar-refractivity contribution is 7.94. The maximum absolute atomic E-state index is 12.9. The quantitative estimate of drug-likeness (QED) is 0.319. The highest BCUT2D eigenvalue weighted by Gasteiger charge is 2.38. The molecular weight excluding hydrogens is 581 g/mol. The van der Waals surface area contributed by atoms with Crippen LogP contribution in [0.3, 0.4) is 0 Å². The number of hydrogen-bond acceptors (Lipinski definition) is 7. The molecule has 210 valence electrons. The molecule has 2 aromatic carbocycles. The van der Waals surface area contributed by atoms with Gasteiger partial charge in [0, 0.05) is 43.3 Å². The normalized spacial score (nSPS) is 13.7. The summed E-state index contributed by atoms with van der Waals surface area (Å²) in [6.45, 7) is 3.36. The van der Waals surface area contributed by atoms with Crippen LogP contribution in [0.25, 0.3) is 0 Å². The molecule has 0 bridgehead atoms. The first-order valence-corrected chi connectivity index (χ1v) is 14.1. The van der Waals surface area contributed by atoms with Crippen molar-refractivity contribution in [2.75, 3.05) is 35.8 Å². The molecule has 9 nitrogen and oxygen atoms in total. The smallest absolute Gasteiger partial charge is 0.475 e. The number of anilines is 2. The summed E-state index contributed by atoms with van der Waals surface area (Å²) in [5.74, 6) is -3.07. The number of amides is 1. The topological polar surface area (TPSA) is 128 Å². The Morgan fingerprint density at radius 2 is 1.74 bits per heavy atom. The average Bonchev–Trinajstić information content (AvgIpc) is 3.45. The van der Waals surface area contributed by atoms with E-state index in [0.717, 1.165) is 48.8 Å². The van der Waals surface area contributed by atoms with Gasteiger partial charge in [-0.25, -0.2) is 13.2 Å². The van der Waals surface area contributed by atoms with E-state index in [2.05, 4.69) is 20.3 Å². The van der Waals surface area contributed by atoms with Gasteiger partial charge in [0.1, 0.15) is 4.21 Å². The van der Waals surface area contributed by atoms with Crippen molar-refractivity contribution < 1.29 is 36.3 Å². The van der Waals surface area contributed by atoms with Crippen molar-refractivity contribution in [1.82, 2.24) is 10.6 Å². The van der Waals surface area contributed by atoms with Crippen LogP contribution in [0, 0.1) is 0 Å². The van der Waals surface area contributed by atoms with Gasteiger partial charge in [0.05, 0.1) is 11.4 Å². The zero-order valence-corrected chi connectivity index (χ0v) is 22.6. The molecule has 3 aromatic rings. The Hall–Kier alpha value is -3.33. The van der Waals surface area contributed by atoms with Crippen LogP contribution < -0.4 is 20.3 Å². The van der Waals surface area contributed by atoms with Crippen molar-refractivity contribution in [2.45, 2.75) is 16.9 Å². The molecule has 1 aliphatic rings. The number of carboxylic acid groups (broad SMARTS) is 1. The SMILES string of the molecule is O=C(NCc1ccccc1Cl)c1ccc(N2CCNCC2)c(NS(=O)(=O)c2cccs2)c1.O=C(O)C(F)(F)F. The molecule has 1 saturated heterocycles. The van der Waals surface area contributed by atoms with Gasteiger partial charge >= 0.3 is 12.1 Å². The lowest BCUT2D eigenvalue weighted by atomic mass is 10.1. The summed E-state index contributed by atoms with van der Waals surface area (Å²) >= 11 is 7.31. The number of piperazine rings is 1. The van der Waals surface area contributed by atoms with E-state index in [-0.39, 0.29) is 16.7 Å². The lowest BCUT2D eigenvalue weighted by molar-refractivity contribution is -0.192. The first kappa shape index (κ1) is 30.2. The van der Waals surface area contributed by atoms with Crippen LogP contribution in [-0.2, 0) is 21.4 Å². The molecule has 1 amide bonds. The highest BCUT2D eigenvalue weighted by Crippen LogP contribution is 2.31. The highest BCUT2D eigenvalue weighted by atomic mass is 35.5. The van der Waals surface area contributed by atoms with Crippen LogP contribution in [0.4, 0.5) is 24.5 Å². The number of thiophene rings is 1. The van der Waals surface area contributed by atoms with Crippen LogP contribution in [-0.4, -0.2) is 57.8 Å². The standard InChI is InChI=1S/C22H23ClN4O3S2.C2HF3O2/c23-18-5-2-1-4-17(18)15-25-22(28)16-7-8-20(27-11-9-24-10-12-27)19(14-16)26-32(29,30)21-6-3-13-31-21;3-2(4,5)1(6)7/h1-8,13-14,24,26H,9-12,15H2,(H,25,28);(H,6,7). The molecule has 0 saturated carbocycles. The number of rotatable bonds is 7. The molecule has 0 atom stereocenters. The van der Waals surface area contributed by atoms with E-state index < -0.39 is 22.2 Å². The second-order valence-electron chi connectivity index (χ2n) is 8.08. The molecule has 2 heterocycles. The third kappa shape index (κ3) is 8.58. The average molecular weight is 605 g/mol. The number of hydrogen-bond donors (Lipinski definition) is 4. The summed E-state index contributed by atoms with van der Waals surface area (Å²) < 4.78 is 60.4. The Labute approximate surface area is 231 Å². The summed E-state index contributed by atoms with van der Waals surface area (Å²) in [5.41, 5.74) is 2.29. The Bertz CT molecular complexity index is 1400. The lowest BCUT2D eigenvalue weighted by Gasteiger charge is -2.31. The minimum absolute atomic E-state index is 0.220. The fourth-order valence-corrected chi connectivity index (χ4v) is 5.73. The van der Waals surface area contributed by atoms with E-state index in [0.29, 0.717) is 16.3 Å². The van der Waals surface area contributed by atoms with E-state index in [9.17, 15) is 26.4 Å². The largest absolute Gasteiger partial charge is 0.490 e. The van der Waals surface area contributed by atoms with E-state index >= 15 is 0 Å². The van der Waals surface area contributed by atoms with Gasteiger partial charge < -0.3 is 20.6 Å². The Morgan fingerprint density at radius 1 is 1.08 bits per heavy atom. The van der Waals surface area contributed by atoms with Gasteiger partial charge in [-0.2, -0.15) is 13.2 Å². The number of carboxylic acids is 1. The van der Waals surface area contributed by atoms with Crippen molar-refractivity contribution in [3.05, 3.63) is 76.1 Å². The van der Waals surface area contributed by atoms with Crippen molar-refractivity contribution in [3.63, 3.8) is 0 Å². The maximum atomic E-state index is 12.9.